The minimum Gasteiger partial charge on any atom is -0.504 e. The van der Waals surface area contributed by atoms with Crippen LogP contribution >= 0.6 is 0 Å². The molecule has 3 N–H and O–H groups in total. The number of phenols is 2. The van der Waals surface area contributed by atoms with Crippen molar-refractivity contribution in [2.75, 3.05) is 6.54 Å². The van der Waals surface area contributed by atoms with Crippen LogP contribution in [0.5, 0.6) is 11.5 Å². The molecule has 88 valence electrons. The summed E-state index contributed by atoms with van der Waals surface area (Å²) in [7, 11) is 0. The lowest BCUT2D eigenvalue weighted by Crippen LogP contribution is -2.27. The molecule has 1 aromatic rings. The molecule has 0 saturated carbocycles. The van der Waals surface area contributed by atoms with Crippen molar-refractivity contribution in [1.82, 2.24) is 5.32 Å². The standard InChI is InChI=1S/C11H13F2NO2/c12-7-5-6(8-3-1-2-4-14-8)10(15)9(13)11(7)16/h5,8,14-16H,1-4H2. The van der Waals surface area contributed by atoms with E-state index in [4.69, 9.17) is 5.11 Å². The van der Waals surface area contributed by atoms with Crippen LogP contribution in [0.3, 0.4) is 0 Å². The zero-order chi connectivity index (χ0) is 11.7. The molecular formula is C11H13F2NO2. The van der Waals surface area contributed by atoms with E-state index in [1.165, 1.54) is 0 Å². The first-order valence-corrected chi connectivity index (χ1v) is 5.24. The van der Waals surface area contributed by atoms with Gasteiger partial charge >= 0.3 is 0 Å². The first-order chi connectivity index (χ1) is 7.61. The van der Waals surface area contributed by atoms with Crippen molar-refractivity contribution in [2.24, 2.45) is 0 Å². The molecule has 1 unspecified atom stereocenters. The van der Waals surface area contributed by atoms with Crippen LogP contribution < -0.4 is 5.32 Å². The topological polar surface area (TPSA) is 52.5 Å². The average molecular weight is 229 g/mol. The number of piperidine rings is 1. The van der Waals surface area contributed by atoms with E-state index in [0.29, 0.717) is 0 Å². The molecule has 16 heavy (non-hydrogen) atoms. The van der Waals surface area contributed by atoms with Gasteiger partial charge in [-0.1, -0.05) is 6.42 Å². The molecule has 1 aliphatic heterocycles. The van der Waals surface area contributed by atoms with E-state index in [-0.39, 0.29) is 11.6 Å². The predicted octanol–water partition coefficient (Wildman–Crippen LogP) is 2.19. The van der Waals surface area contributed by atoms with Crippen molar-refractivity contribution in [3.63, 3.8) is 0 Å². The number of rotatable bonds is 1. The maximum absolute atomic E-state index is 13.2. The summed E-state index contributed by atoms with van der Waals surface area (Å²) in [6, 6.07) is 0.731. The molecule has 1 heterocycles. The number of nitrogens with one attached hydrogen (secondary N) is 1. The summed E-state index contributed by atoms with van der Waals surface area (Å²) in [4.78, 5) is 0. The zero-order valence-corrected chi connectivity index (χ0v) is 8.63. The molecule has 0 amide bonds. The Morgan fingerprint density at radius 2 is 1.94 bits per heavy atom. The fraction of sp³-hybridized carbons (Fsp3) is 0.455. The van der Waals surface area contributed by atoms with Crippen molar-refractivity contribution in [3.05, 3.63) is 23.3 Å². The van der Waals surface area contributed by atoms with Crippen LogP contribution in [-0.4, -0.2) is 16.8 Å². The Bertz CT molecular complexity index is 403. The highest BCUT2D eigenvalue weighted by atomic mass is 19.1. The molecule has 0 aromatic heterocycles. The number of phenolic OH excluding ortho intramolecular Hbond substituents is 2. The van der Waals surface area contributed by atoms with Gasteiger partial charge in [-0.15, -0.1) is 0 Å². The van der Waals surface area contributed by atoms with Crippen LogP contribution in [0.1, 0.15) is 30.9 Å². The molecule has 1 saturated heterocycles. The minimum atomic E-state index is -1.29. The van der Waals surface area contributed by atoms with Gasteiger partial charge in [-0.2, -0.15) is 4.39 Å². The third-order valence-electron chi connectivity index (χ3n) is 2.88. The van der Waals surface area contributed by atoms with Crippen molar-refractivity contribution in [2.45, 2.75) is 25.3 Å². The van der Waals surface area contributed by atoms with Crippen molar-refractivity contribution in [3.8, 4) is 11.5 Å². The van der Waals surface area contributed by atoms with Crippen molar-refractivity contribution >= 4 is 0 Å². The second-order valence-corrected chi connectivity index (χ2v) is 3.96. The van der Waals surface area contributed by atoms with Gasteiger partial charge in [0.25, 0.3) is 0 Å². The second kappa shape index (κ2) is 4.25. The number of halogens is 2. The Labute approximate surface area is 91.7 Å². The summed E-state index contributed by atoms with van der Waals surface area (Å²) in [5.74, 6) is -4.13. The first-order valence-electron chi connectivity index (χ1n) is 5.24. The largest absolute Gasteiger partial charge is 0.504 e. The number of aromatic hydroxyl groups is 2. The van der Waals surface area contributed by atoms with Crippen molar-refractivity contribution in [1.29, 1.82) is 0 Å². The summed E-state index contributed by atoms with van der Waals surface area (Å²) in [6.07, 6.45) is 2.68. The van der Waals surface area contributed by atoms with E-state index in [2.05, 4.69) is 5.32 Å². The van der Waals surface area contributed by atoms with E-state index in [1.807, 2.05) is 0 Å². The summed E-state index contributed by atoms with van der Waals surface area (Å²) in [5, 5.41) is 21.6. The lowest BCUT2D eigenvalue weighted by atomic mass is 9.96. The number of benzene rings is 1. The molecule has 2 rings (SSSR count). The normalized spacial score (nSPS) is 21.0. The minimum absolute atomic E-state index is 0.174. The van der Waals surface area contributed by atoms with Crippen LogP contribution in [0, 0.1) is 11.6 Å². The van der Waals surface area contributed by atoms with E-state index in [0.717, 1.165) is 31.9 Å². The highest BCUT2D eigenvalue weighted by molar-refractivity contribution is 5.43. The van der Waals surface area contributed by atoms with Crippen LogP contribution in [0.4, 0.5) is 8.78 Å². The van der Waals surface area contributed by atoms with Gasteiger partial charge in [0.05, 0.1) is 0 Å². The molecule has 1 atom stereocenters. The van der Waals surface area contributed by atoms with Crippen LogP contribution in [-0.2, 0) is 0 Å². The van der Waals surface area contributed by atoms with Gasteiger partial charge in [0.15, 0.2) is 17.3 Å². The molecule has 0 aliphatic carbocycles. The van der Waals surface area contributed by atoms with Gasteiger partial charge in [0, 0.05) is 11.6 Å². The Balaban J connectivity index is 2.40. The smallest absolute Gasteiger partial charge is 0.209 e. The molecule has 1 aromatic carbocycles. The fourth-order valence-electron chi connectivity index (χ4n) is 2.00. The second-order valence-electron chi connectivity index (χ2n) is 3.96. The lowest BCUT2D eigenvalue weighted by Gasteiger charge is -2.24. The quantitative estimate of drug-likeness (QED) is 0.692. The molecule has 3 nitrogen and oxygen atoms in total. The predicted molar refractivity (Wildman–Crippen MR) is 54.3 cm³/mol. The highest BCUT2D eigenvalue weighted by Gasteiger charge is 2.24. The van der Waals surface area contributed by atoms with Gasteiger partial charge < -0.3 is 15.5 Å². The average Bonchev–Trinajstić information content (AvgIpc) is 2.32. The Hall–Kier alpha value is -1.36. The highest BCUT2D eigenvalue weighted by Crippen LogP contribution is 2.37. The third-order valence-corrected chi connectivity index (χ3v) is 2.88. The molecule has 0 spiro atoms. The zero-order valence-electron chi connectivity index (χ0n) is 8.63. The molecule has 0 bridgehead atoms. The Morgan fingerprint density at radius 3 is 2.56 bits per heavy atom. The van der Waals surface area contributed by atoms with Gasteiger partial charge in [-0.25, -0.2) is 4.39 Å². The van der Waals surface area contributed by atoms with E-state index in [1.54, 1.807) is 0 Å². The van der Waals surface area contributed by atoms with Gasteiger partial charge in [0.1, 0.15) is 0 Å². The molecule has 5 heteroatoms. The fourth-order valence-corrected chi connectivity index (χ4v) is 2.00. The Morgan fingerprint density at radius 1 is 1.19 bits per heavy atom. The number of hydrogen-bond donors (Lipinski definition) is 3. The molecule has 1 aliphatic rings. The molecular weight excluding hydrogens is 216 g/mol. The van der Waals surface area contributed by atoms with E-state index < -0.39 is 23.1 Å². The van der Waals surface area contributed by atoms with Crippen LogP contribution in [0.2, 0.25) is 0 Å². The Kier molecular flexibility index (Phi) is 2.96. The van der Waals surface area contributed by atoms with Gasteiger partial charge in [-0.3, -0.25) is 0 Å². The lowest BCUT2D eigenvalue weighted by molar-refractivity contribution is 0.346. The monoisotopic (exact) mass is 229 g/mol. The molecule has 1 fully saturated rings. The van der Waals surface area contributed by atoms with Crippen molar-refractivity contribution < 1.29 is 19.0 Å². The summed E-state index contributed by atoms with van der Waals surface area (Å²) >= 11 is 0. The summed E-state index contributed by atoms with van der Waals surface area (Å²) in [6.45, 7) is 0.758. The van der Waals surface area contributed by atoms with Crippen LogP contribution in [0.15, 0.2) is 6.07 Å². The maximum Gasteiger partial charge on any atom is 0.209 e. The van der Waals surface area contributed by atoms with E-state index in [9.17, 15) is 13.9 Å². The third kappa shape index (κ3) is 1.82. The molecule has 0 radical (unpaired) electrons. The van der Waals surface area contributed by atoms with Gasteiger partial charge in [0.2, 0.25) is 5.82 Å². The number of hydrogen-bond acceptors (Lipinski definition) is 3. The van der Waals surface area contributed by atoms with Gasteiger partial charge in [-0.05, 0) is 25.5 Å². The first kappa shape index (κ1) is 11.1. The summed E-state index contributed by atoms with van der Waals surface area (Å²) in [5.41, 5.74) is 0.174. The summed E-state index contributed by atoms with van der Waals surface area (Å²) < 4.78 is 26.4. The maximum atomic E-state index is 13.2. The van der Waals surface area contributed by atoms with E-state index >= 15 is 0 Å². The SMILES string of the molecule is Oc1c(F)cc(C2CCCCN2)c(O)c1F. The van der Waals surface area contributed by atoms with Crippen LogP contribution in [0.25, 0.3) is 0 Å².